The van der Waals surface area contributed by atoms with E-state index in [4.69, 9.17) is 35.2 Å². The lowest BCUT2D eigenvalue weighted by molar-refractivity contribution is 0.0671. The van der Waals surface area contributed by atoms with Gasteiger partial charge in [0.05, 0.1) is 11.1 Å². The minimum Gasteiger partial charge on any atom is -0.490 e. The van der Waals surface area contributed by atoms with E-state index >= 15 is 0 Å². The van der Waals surface area contributed by atoms with Crippen LogP contribution in [0.3, 0.4) is 0 Å². The van der Waals surface area contributed by atoms with Gasteiger partial charge in [0.15, 0.2) is 5.78 Å². The summed E-state index contributed by atoms with van der Waals surface area (Å²) in [6.45, 7) is 0.211. The maximum absolute atomic E-state index is 14.3. The highest BCUT2D eigenvalue weighted by atomic mass is 16.6. The Labute approximate surface area is 367 Å². The van der Waals surface area contributed by atoms with Crippen molar-refractivity contribution >= 4 is 53.2 Å². The molecular formula is C52H38N2O10. The number of ketones is 1. The van der Waals surface area contributed by atoms with Gasteiger partial charge in [0, 0.05) is 40.2 Å². The van der Waals surface area contributed by atoms with Crippen LogP contribution in [0.4, 0.5) is 11.4 Å². The Morgan fingerprint density at radius 1 is 0.422 bits per heavy atom. The van der Waals surface area contributed by atoms with Gasteiger partial charge < -0.3 is 35.2 Å². The number of hydrogen-bond donors (Lipinski definition) is 2. The van der Waals surface area contributed by atoms with Gasteiger partial charge in [-0.1, -0.05) is 103 Å². The number of allylic oxidation sites excluding steroid dienone is 1. The number of benzene rings is 7. The largest absolute Gasteiger partial charge is 0.490 e. The van der Waals surface area contributed by atoms with Gasteiger partial charge in [0.2, 0.25) is 0 Å². The Kier molecular flexibility index (Phi) is 13.8. The normalized spacial score (nSPS) is 10.9. The molecule has 0 atom stereocenters. The quantitative estimate of drug-likeness (QED) is 0.0328. The number of rotatable bonds is 15. The number of anilines is 2. The lowest BCUT2D eigenvalue weighted by Gasteiger charge is -2.16. The van der Waals surface area contributed by atoms with Gasteiger partial charge in [-0.3, -0.25) is 4.79 Å². The van der Waals surface area contributed by atoms with E-state index in [9.17, 15) is 24.0 Å². The van der Waals surface area contributed by atoms with Gasteiger partial charge in [0.1, 0.15) is 46.5 Å². The van der Waals surface area contributed by atoms with Crippen molar-refractivity contribution in [3.8, 4) is 28.7 Å². The molecule has 7 aromatic rings. The number of carbonyl (C=O) groups excluding carboxylic acids is 5. The lowest BCUT2D eigenvalue weighted by Crippen LogP contribution is -2.19. The van der Waals surface area contributed by atoms with E-state index < -0.39 is 46.5 Å². The number of para-hydroxylation sites is 3. The molecule has 0 fully saturated rings. The lowest BCUT2D eigenvalue weighted by atomic mass is 10.1. The average molecular weight is 851 g/mol. The molecule has 12 heteroatoms. The van der Waals surface area contributed by atoms with Crippen molar-refractivity contribution in [3.05, 3.63) is 221 Å². The number of esters is 4. The topological polar surface area (TPSA) is 184 Å². The van der Waals surface area contributed by atoms with Crippen LogP contribution >= 0.6 is 0 Å². The zero-order valence-corrected chi connectivity index (χ0v) is 33.9. The fraction of sp³-hybridized carbons (Fsp3) is 0.0192. The van der Waals surface area contributed by atoms with Gasteiger partial charge in [0.25, 0.3) is 0 Å². The molecule has 0 spiro atoms. The monoisotopic (exact) mass is 850 g/mol. The van der Waals surface area contributed by atoms with Crippen molar-refractivity contribution in [1.29, 1.82) is 0 Å². The molecule has 316 valence electrons. The number of ether oxygens (including phenoxy) is 5. The second kappa shape index (κ2) is 20.5. The molecule has 64 heavy (non-hydrogen) atoms. The molecule has 0 saturated carbocycles. The first-order valence-corrected chi connectivity index (χ1v) is 19.7. The maximum atomic E-state index is 14.3. The van der Waals surface area contributed by atoms with Crippen molar-refractivity contribution in [3.63, 3.8) is 0 Å². The second-order valence-corrected chi connectivity index (χ2v) is 13.8. The molecule has 7 aromatic carbocycles. The molecule has 0 bridgehead atoms. The van der Waals surface area contributed by atoms with Crippen molar-refractivity contribution in [2.75, 3.05) is 18.1 Å². The van der Waals surface area contributed by atoms with Gasteiger partial charge in [-0.2, -0.15) is 0 Å². The summed E-state index contributed by atoms with van der Waals surface area (Å²) in [5.41, 5.74) is 12.9. The predicted octanol–water partition coefficient (Wildman–Crippen LogP) is 9.72. The Morgan fingerprint density at radius 3 is 1.38 bits per heavy atom. The first-order valence-electron chi connectivity index (χ1n) is 19.7. The molecule has 7 rings (SSSR count). The second-order valence-electron chi connectivity index (χ2n) is 13.8. The predicted molar refractivity (Wildman–Crippen MR) is 242 cm³/mol. The molecule has 0 aliphatic rings. The van der Waals surface area contributed by atoms with E-state index in [2.05, 4.69) is 0 Å². The highest BCUT2D eigenvalue weighted by molar-refractivity contribution is 6.07. The van der Waals surface area contributed by atoms with Crippen molar-refractivity contribution < 1.29 is 47.7 Å². The van der Waals surface area contributed by atoms with Gasteiger partial charge >= 0.3 is 23.9 Å². The SMILES string of the molecule is Nc1cccc(C(=O)Oc2cc(C(=O)Oc3ccccc3/C=C/C(=O)c3ccccc3)c(OC(=O)c3cccc(N)c3)cc2C(=O)Oc2ccccc2/C=C/COc2ccccc2)c1. The smallest absolute Gasteiger partial charge is 0.347 e. The summed E-state index contributed by atoms with van der Waals surface area (Å²) >= 11 is 0. The molecular weight excluding hydrogens is 813 g/mol. The zero-order chi connectivity index (χ0) is 44.8. The number of nitrogens with two attached hydrogens (primary N) is 2. The van der Waals surface area contributed by atoms with E-state index in [0.717, 1.165) is 12.1 Å². The Bertz CT molecular complexity index is 2910. The van der Waals surface area contributed by atoms with E-state index in [1.54, 1.807) is 97.1 Å². The third-order valence-corrected chi connectivity index (χ3v) is 9.27. The summed E-state index contributed by atoms with van der Waals surface area (Å²) in [6.07, 6.45) is 6.26. The van der Waals surface area contributed by atoms with Crippen LogP contribution in [0.25, 0.3) is 12.2 Å². The van der Waals surface area contributed by atoms with E-state index in [1.165, 1.54) is 54.6 Å². The molecule has 0 amide bonds. The van der Waals surface area contributed by atoms with E-state index in [1.807, 2.05) is 30.3 Å². The van der Waals surface area contributed by atoms with Crippen LogP contribution in [0, 0.1) is 0 Å². The summed E-state index contributed by atoms with van der Waals surface area (Å²) in [4.78, 5) is 68.7. The van der Waals surface area contributed by atoms with Gasteiger partial charge in [-0.15, -0.1) is 0 Å². The van der Waals surface area contributed by atoms with E-state index in [-0.39, 0.29) is 46.4 Å². The highest BCUT2D eigenvalue weighted by Crippen LogP contribution is 2.34. The van der Waals surface area contributed by atoms with Crippen LogP contribution < -0.4 is 35.2 Å². The molecule has 0 aliphatic carbocycles. The Morgan fingerprint density at radius 2 is 0.859 bits per heavy atom. The molecule has 0 aliphatic heterocycles. The first kappa shape index (κ1) is 43.1. The van der Waals surface area contributed by atoms with Crippen LogP contribution in [0.15, 0.2) is 182 Å². The third-order valence-electron chi connectivity index (χ3n) is 9.27. The summed E-state index contributed by atoms with van der Waals surface area (Å²) in [6, 6.07) is 44.8. The summed E-state index contributed by atoms with van der Waals surface area (Å²) in [7, 11) is 0. The summed E-state index contributed by atoms with van der Waals surface area (Å²) < 4.78 is 29.1. The molecule has 0 saturated heterocycles. The average Bonchev–Trinajstić information content (AvgIpc) is 3.31. The van der Waals surface area contributed by atoms with Crippen LogP contribution in [0.5, 0.6) is 28.7 Å². The van der Waals surface area contributed by atoms with Crippen LogP contribution in [-0.2, 0) is 0 Å². The molecule has 0 heterocycles. The molecule has 4 N–H and O–H groups in total. The number of hydrogen-bond acceptors (Lipinski definition) is 12. The summed E-state index contributed by atoms with van der Waals surface area (Å²) in [5.74, 6) is -4.38. The fourth-order valence-electron chi connectivity index (χ4n) is 6.13. The molecule has 0 aromatic heterocycles. The highest BCUT2D eigenvalue weighted by Gasteiger charge is 2.28. The van der Waals surface area contributed by atoms with Crippen molar-refractivity contribution in [2.45, 2.75) is 0 Å². The maximum Gasteiger partial charge on any atom is 0.347 e. The minimum absolute atomic E-state index is 0.0242. The Balaban J connectivity index is 1.26. The van der Waals surface area contributed by atoms with Gasteiger partial charge in [-0.25, -0.2) is 19.2 Å². The first-order chi connectivity index (χ1) is 31.1. The van der Waals surface area contributed by atoms with E-state index in [0.29, 0.717) is 22.4 Å². The third kappa shape index (κ3) is 11.2. The van der Waals surface area contributed by atoms with Crippen molar-refractivity contribution in [2.24, 2.45) is 0 Å². The van der Waals surface area contributed by atoms with Crippen molar-refractivity contribution in [1.82, 2.24) is 0 Å². The van der Waals surface area contributed by atoms with Gasteiger partial charge in [-0.05, 0) is 78.9 Å². The van der Waals surface area contributed by atoms with Crippen LogP contribution in [0.1, 0.15) is 62.9 Å². The zero-order valence-electron chi connectivity index (χ0n) is 33.9. The molecule has 0 radical (unpaired) electrons. The molecule has 12 nitrogen and oxygen atoms in total. The standard InChI is InChI=1S/C52H38N2O10/c53-39-21-11-18-37(30-39)49(56)63-47-33-43(52(59)62-46-26-10-8-17-36(46)27-28-44(55)34-14-3-1-4-15-34)48(64-50(57)38-19-12-22-40(54)31-38)32-42(47)51(58)61-45-25-9-7-16-35(45)20-13-29-60-41-23-5-2-6-24-41/h1-28,30-33H,29,53-54H2/b20-13+,28-27+. The van der Waals surface area contributed by atoms with Crippen LogP contribution in [0.2, 0.25) is 0 Å². The Hall–Kier alpha value is -9.03. The summed E-state index contributed by atoms with van der Waals surface area (Å²) in [5, 5.41) is 0. The fourth-order valence-corrected chi connectivity index (χ4v) is 6.13. The molecule has 0 unspecified atom stereocenters. The number of carbonyl (C=O) groups is 5. The number of nitrogen functional groups attached to an aromatic ring is 2. The van der Waals surface area contributed by atoms with Crippen LogP contribution in [-0.4, -0.2) is 36.3 Å². The minimum atomic E-state index is -1.08.